The summed E-state index contributed by atoms with van der Waals surface area (Å²) in [6.45, 7) is 4.10. The third kappa shape index (κ3) is 3.37. The minimum absolute atomic E-state index is 0.0416. The quantitative estimate of drug-likeness (QED) is 0.845. The van der Waals surface area contributed by atoms with Gasteiger partial charge in [0.05, 0.1) is 24.5 Å². The van der Waals surface area contributed by atoms with Crippen LogP contribution in [0.3, 0.4) is 0 Å². The highest BCUT2D eigenvalue weighted by molar-refractivity contribution is 5.30. The molecule has 1 aliphatic rings. The highest BCUT2D eigenvalue weighted by atomic mass is 19.4. The summed E-state index contributed by atoms with van der Waals surface area (Å²) in [5.74, 6) is -0.0416. The topological polar surface area (TPSA) is 31.4 Å². The van der Waals surface area contributed by atoms with Gasteiger partial charge in [-0.05, 0) is 18.1 Å². The minimum Gasteiger partial charge on any atom is -0.379 e. The van der Waals surface area contributed by atoms with Gasteiger partial charge in [0.2, 0.25) is 0 Å². The van der Waals surface area contributed by atoms with Crippen LogP contribution in [0.2, 0.25) is 0 Å². The number of hydrogen-bond donors (Lipinski definition) is 0. The molecule has 118 valence electrons. The zero-order chi connectivity index (χ0) is 15.6. The molecule has 3 atom stereocenters. The molecule has 0 saturated heterocycles. The number of halogens is 3. The minimum atomic E-state index is -4.42. The van der Waals surface area contributed by atoms with Gasteiger partial charge in [0.1, 0.15) is 5.69 Å². The van der Waals surface area contributed by atoms with Gasteiger partial charge in [-0.15, -0.1) is 0 Å². The second kappa shape index (κ2) is 6.32. The molecule has 0 bridgehead atoms. The molecule has 0 N–H and O–H groups in total. The van der Waals surface area contributed by atoms with Crippen molar-refractivity contribution >= 4 is 0 Å². The van der Waals surface area contributed by atoms with E-state index in [-0.39, 0.29) is 24.7 Å². The first-order valence-corrected chi connectivity index (χ1v) is 7.09. The molecule has 0 radical (unpaired) electrons. The Morgan fingerprint density at radius 1 is 1.43 bits per heavy atom. The molecule has 0 unspecified atom stereocenters. The van der Waals surface area contributed by atoms with Gasteiger partial charge in [0.25, 0.3) is 0 Å². The Balaban J connectivity index is 2.26. The first-order chi connectivity index (χ1) is 9.88. The molecule has 3 nitrogen and oxygen atoms in total. The van der Waals surface area contributed by atoms with Gasteiger partial charge in [0.15, 0.2) is 0 Å². The highest BCUT2D eigenvalue weighted by Gasteiger charge is 2.37. The van der Waals surface area contributed by atoms with Crippen LogP contribution in [0.15, 0.2) is 12.1 Å². The largest absolute Gasteiger partial charge is 0.433 e. The molecule has 0 amide bonds. The van der Waals surface area contributed by atoms with Gasteiger partial charge < -0.3 is 9.47 Å². The maximum Gasteiger partial charge on any atom is 0.433 e. The Kier molecular flexibility index (Phi) is 4.88. The van der Waals surface area contributed by atoms with Gasteiger partial charge in [-0.3, -0.25) is 0 Å². The van der Waals surface area contributed by atoms with Crippen LogP contribution in [-0.2, 0) is 22.3 Å². The third-order valence-corrected chi connectivity index (χ3v) is 3.94. The second-order valence-electron chi connectivity index (χ2n) is 5.36. The number of alkyl halides is 3. The molecule has 0 spiro atoms. The fourth-order valence-corrected chi connectivity index (χ4v) is 2.83. The average molecular weight is 303 g/mol. The number of fused-ring (bicyclic) bond motifs is 1. The molecule has 2 heterocycles. The zero-order valence-electron chi connectivity index (χ0n) is 12.4. The lowest BCUT2D eigenvalue weighted by molar-refractivity contribution is -0.141. The monoisotopic (exact) mass is 303 g/mol. The van der Waals surface area contributed by atoms with Gasteiger partial charge in [-0.2, -0.15) is 13.2 Å². The van der Waals surface area contributed by atoms with Crippen LogP contribution >= 0.6 is 0 Å². The number of hydrogen-bond acceptors (Lipinski definition) is 3. The van der Waals surface area contributed by atoms with Crippen LogP contribution in [0.1, 0.15) is 49.6 Å². The first-order valence-electron chi connectivity index (χ1n) is 7.09. The molecule has 0 aromatic carbocycles. The predicted molar refractivity (Wildman–Crippen MR) is 71.9 cm³/mol. The molecule has 1 aromatic heterocycles. The Morgan fingerprint density at radius 2 is 2.14 bits per heavy atom. The smallest absolute Gasteiger partial charge is 0.379 e. The first kappa shape index (κ1) is 16.2. The maximum absolute atomic E-state index is 12.7. The summed E-state index contributed by atoms with van der Waals surface area (Å²) in [7, 11) is 1.64. The molecule has 0 aliphatic carbocycles. The zero-order valence-corrected chi connectivity index (χ0v) is 12.4. The van der Waals surface area contributed by atoms with Crippen LogP contribution in [0.5, 0.6) is 0 Å². The van der Waals surface area contributed by atoms with Crippen LogP contribution < -0.4 is 0 Å². The van der Waals surface area contributed by atoms with Crippen molar-refractivity contribution in [1.82, 2.24) is 4.98 Å². The molecule has 0 saturated carbocycles. The van der Waals surface area contributed by atoms with Crippen molar-refractivity contribution in [2.75, 3.05) is 7.11 Å². The highest BCUT2D eigenvalue weighted by Crippen LogP contribution is 2.36. The van der Waals surface area contributed by atoms with E-state index in [2.05, 4.69) is 11.9 Å². The fourth-order valence-electron chi connectivity index (χ4n) is 2.83. The number of ether oxygens (including phenoxy) is 2. The van der Waals surface area contributed by atoms with Crippen molar-refractivity contribution in [3.05, 3.63) is 29.1 Å². The Morgan fingerprint density at radius 3 is 2.71 bits per heavy atom. The molecular weight excluding hydrogens is 283 g/mol. The second-order valence-corrected chi connectivity index (χ2v) is 5.36. The van der Waals surface area contributed by atoms with Crippen LogP contribution in [0.25, 0.3) is 0 Å². The summed E-state index contributed by atoms with van der Waals surface area (Å²) in [4.78, 5) is 3.71. The summed E-state index contributed by atoms with van der Waals surface area (Å²) in [5.41, 5.74) is 0.324. The van der Waals surface area contributed by atoms with Crippen molar-refractivity contribution in [2.24, 2.45) is 0 Å². The Hall–Kier alpha value is -1.14. The number of methoxy groups -OCH3 is 1. The average Bonchev–Trinajstić information content (AvgIpc) is 2.44. The summed E-state index contributed by atoms with van der Waals surface area (Å²) >= 11 is 0. The van der Waals surface area contributed by atoms with E-state index in [0.717, 1.165) is 24.5 Å². The summed E-state index contributed by atoms with van der Waals surface area (Å²) in [6, 6.07) is 2.56. The lowest BCUT2D eigenvalue weighted by atomic mass is 9.87. The van der Waals surface area contributed by atoms with E-state index >= 15 is 0 Å². The molecule has 6 heteroatoms. The third-order valence-electron chi connectivity index (χ3n) is 3.94. The summed E-state index contributed by atoms with van der Waals surface area (Å²) < 4.78 is 49.3. The Bertz CT molecular complexity index is 490. The normalized spacial score (nSPS) is 23.7. The van der Waals surface area contributed by atoms with Crippen molar-refractivity contribution in [1.29, 1.82) is 0 Å². The number of pyridine rings is 1. The maximum atomic E-state index is 12.7. The number of rotatable bonds is 4. The van der Waals surface area contributed by atoms with E-state index in [9.17, 15) is 13.2 Å². The molecule has 21 heavy (non-hydrogen) atoms. The predicted octanol–water partition coefficient (Wildman–Crippen LogP) is 3.92. The lowest BCUT2D eigenvalue weighted by Crippen LogP contribution is -2.38. The Labute approximate surface area is 122 Å². The van der Waals surface area contributed by atoms with Crippen LogP contribution in [-0.4, -0.2) is 24.3 Å². The van der Waals surface area contributed by atoms with Crippen molar-refractivity contribution in [2.45, 2.75) is 57.6 Å². The number of nitrogens with zero attached hydrogens (tertiary/aromatic N) is 1. The SMILES string of the molecule is CCC[C@H](OC)[C@@H]1OCc2nc(C(F)(F)F)ccc2[C@@H]1C. The van der Waals surface area contributed by atoms with E-state index in [1.165, 1.54) is 6.07 Å². The molecule has 1 aromatic rings. The van der Waals surface area contributed by atoms with Crippen molar-refractivity contribution in [3.8, 4) is 0 Å². The van der Waals surface area contributed by atoms with E-state index in [4.69, 9.17) is 9.47 Å². The fraction of sp³-hybridized carbons (Fsp3) is 0.667. The van der Waals surface area contributed by atoms with Crippen molar-refractivity contribution in [3.63, 3.8) is 0 Å². The molecule has 1 aliphatic heterocycles. The van der Waals surface area contributed by atoms with Gasteiger partial charge in [0, 0.05) is 13.0 Å². The number of aromatic nitrogens is 1. The standard InChI is InChI=1S/C15H20F3NO2/c1-4-5-12(20-3)14-9(2)10-6-7-13(15(16,17)18)19-11(10)8-21-14/h6-7,9,12,14H,4-5,8H2,1-3H3/t9-,12-,14+/m0/s1. The van der Waals surface area contributed by atoms with Gasteiger partial charge in [-0.25, -0.2) is 4.98 Å². The van der Waals surface area contributed by atoms with E-state index < -0.39 is 11.9 Å². The van der Waals surface area contributed by atoms with Crippen LogP contribution in [0.4, 0.5) is 13.2 Å². The van der Waals surface area contributed by atoms with E-state index in [1.54, 1.807) is 7.11 Å². The van der Waals surface area contributed by atoms with Gasteiger partial charge in [-0.1, -0.05) is 26.3 Å². The van der Waals surface area contributed by atoms with Crippen molar-refractivity contribution < 1.29 is 22.6 Å². The van der Waals surface area contributed by atoms with E-state index in [0.29, 0.717) is 5.69 Å². The van der Waals surface area contributed by atoms with Gasteiger partial charge >= 0.3 is 6.18 Å². The summed E-state index contributed by atoms with van der Waals surface area (Å²) in [6.07, 6.45) is -2.81. The summed E-state index contributed by atoms with van der Waals surface area (Å²) in [5, 5.41) is 0. The lowest BCUT2D eigenvalue weighted by Gasteiger charge is -2.35. The van der Waals surface area contributed by atoms with E-state index in [1.807, 2.05) is 6.92 Å². The molecule has 2 rings (SSSR count). The molecular formula is C15H20F3NO2. The molecule has 0 fully saturated rings. The van der Waals surface area contributed by atoms with Crippen LogP contribution in [0, 0.1) is 0 Å².